The van der Waals surface area contributed by atoms with Gasteiger partial charge in [-0.1, -0.05) is 51.4 Å². The van der Waals surface area contributed by atoms with Gasteiger partial charge in [0.25, 0.3) is 11.5 Å². The highest BCUT2D eigenvalue weighted by Gasteiger charge is 2.17. The number of hydrogen-bond donors (Lipinski definition) is 1. The predicted molar refractivity (Wildman–Crippen MR) is 124 cm³/mol. The number of carbonyl (C=O) groups is 1. The quantitative estimate of drug-likeness (QED) is 0.577. The molecule has 3 rings (SSSR count). The molecule has 0 unspecified atom stereocenters. The van der Waals surface area contributed by atoms with Crippen molar-refractivity contribution >= 4 is 28.4 Å². The monoisotopic (exact) mass is 441 g/mol. The van der Waals surface area contributed by atoms with Gasteiger partial charge in [0.2, 0.25) is 0 Å². The fourth-order valence-corrected chi connectivity index (χ4v) is 3.43. The van der Waals surface area contributed by atoms with E-state index in [9.17, 15) is 9.59 Å². The lowest BCUT2D eigenvalue weighted by Gasteiger charge is -2.22. The van der Waals surface area contributed by atoms with Crippen LogP contribution in [0.5, 0.6) is 5.75 Å². The average Bonchev–Trinajstić information content (AvgIpc) is 2.71. The van der Waals surface area contributed by atoms with Gasteiger partial charge in [-0.05, 0) is 47.7 Å². The van der Waals surface area contributed by atoms with Crippen LogP contribution in [0.1, 0.15) is 45.5 Å². The minimum Gasteiger partial charge on any atom is -0.484 e. The number of aromatic nitrogens is 2. The molecule has 0 aliphatic rings. The summed E-state index contributed by atoms with van der Waals surface area (Å²) in [4.78, 5) is 34.0. The highest BCUT2D eigenvalue weighted by atomic mass is 35.5. The first kappa shape index (κ1) is 22.8. The standard InChI is InChI=1S/C24H28ClN3O3/c1-5-12-28(14-21-26-20-13-17(25)8-11-19(20)23(30)27-21)22(29)15-31-18-9-6-16(7-10-18)24(2,3)4/h6-11,13H,5,12,14-15H2,1-4H3,(H,26,27,30). The van der Waals surface area contributed by atoms with Crippen LogP contribution in [0.3, 0.4) is 0 Å². The van der Waals surface area contributed by atoms with Crippen LogP contribution in [0.4, 0.5) is 0 Å². The Balaban J connectivity index is 1.71. The lowest BCUT2D eigenvalue weighted by atomic mass is 9.87. The van der Waals surface area contributed by atoms with E-state index in [4.69, 9.17) is 16.3 Å². The highest BCUT2D eigenvalue weighted by molar-refractivity contribution is 6.31. The maximum absolute atomic E-state index is 12.8. The molecule has 1 amide bonds. The van der Waals surface area contributed by atoms with Crippen LogP contribution in [0.2, 0.25) is 5.02 Å². The SMILES string of the molecule is CCCN(Cc1nc2cc(Cl)ccc2c(=O)[nH]1)C(=O)COc1ccc(C(C)(C)C)cc1. The number of nitrogens with zero attached hydrogens (tertiary/aromatic N) is 2. The van der Waals surface area contributed by atoms with Gasteiger partial charge < -0.3 is 14.6 Å². The van der Waals surface area contributed by atoms with Crippen molar-refractivity contribution in [3.05, 3.63) is 69.2 Å². The minimum absolute atomic E-state index is 0.0558. The van der Waals surface area contributed by atoms with E-state index >= 15 is 0 Å². The molecule has 0 bridgehead atoms. The number of hydrogen-bond acceptors (Lipinski definition) is 4. The third-order valence-corrected chi connectivity index (χ3v) is 5.22. The van der Waals surface area contributed by atoms with E-state index < -0.39 is 0 Å². The van der Waals surface area contributed by atoms with Gasteiger partial charge in [-0.25, -0.2) is 4.98 Å². The number of carbonyl (C=O) groups excluding carboxylic acids is 1. The van der Waals surface area contributed by atoms with Crippen molar-refractivity contribution in [3.8, 4) is 5.75 Å². The van der Waals surface area contributed by atoms with Gasteiger partial charge in [-0.2, -0.15) is 0 Å². The number of ether oxygens (including phenoxy) is 1. The number of amides is 1. The lowest BCUT2D eigenvalue weighted by molar-refractivity contribution is -0.134. The summed E-state index contributed by atoms with van der Waals surface area (Å²) in [6.45, 7) is 9.07. The number of halogens is 1. The van der Waals surface area contributed by atoms with Crippen LogP contribution in [-0.2, 0) is 16.8 Å². The number of benzene rings is 2. The Morgan fingerprint density at radius 1 is 1.16 bits per heavy atom. The largest absolute Gasteiger partial charge is 0.484 e. The number of nitrogens with one attached hydrogen (secondary N) is 1. The van der Waals surface area contributed by atoms with E-state index in [1.54, 1.807) is 23.1 Å². The molecule has 0 saturated carbocycles. The van der Waals surface area contributed by atoms with E-state index in [0.29, 0.717) is 34.0 Å². The molecular formula is C24H28ClN3O3. The summed E-state index contributed by atoms with van der Waals surface area (Å²) in [6.07, 6.45) is 0.773. The summed E-state index contributed by atoms with van der Waals surface area (Å²) in [5, 5.41) is 0.965. The molecule has 0 aliphatic heterocycles. The number of aromatic amines is 1. The van der Waals surface area contributed by atoms with Crippen molar-refractivity contribution < 1.29 is 9.53 Å². The Hall–Kier alpha value is -2.86. The molecular weight excluding hydrogens is 414 g/mol. The van der Waals surface area contributed by atoms with Gasteiger partial charge in [0, 0.05) is 11.6 Å². The van der Waals surface area contributed by atoms with E-state index in [1.165, 1.54) is 5.56 Å². The second kappa shape index (κ2) is 9.52. The second-order valence-electron chi connectivity index (χ2n) is 8.55. The van der Waals surface area contributed by atoms with Crippen molar-refractivity contribution in [2.45, 2.75) is 46.1 Å². The highest BCUT2D eigenvalue weighted by Crippen LogP contribution is 2.24. The fraction of sp³-hybridized carbons (Fsp3) is 0.375. The van der Waals surface area contributed by atoms with Crippen molar-refractivity contribution in [1.29, 1.82) is 0 Å². The molecule has 0 atom stereocenters. The van der Waals surface area contributed by atoms with E-state index in [2.05, 4.69) is 30.7 Å². The number of fused-ring (bicyclic) bond motifs is 1. The van der Waals surface area contributed by atoms with Crippen LogP contribution >= 0.6 is 11.6 Å². The molecule has 0 fully saturated rings. The zero-order valence-corrected chi connectivity index (χ0v) is 19.1. The smallest absolute Gasteiger partial charge is 0.260 e. The lowest BCUT2D eigenvalue weighted by Crippen LogP contribution is -2.36. The zero-order chi connectivity index (χ0) is 22.6. The predicted octanol–water partition coefficient (Wildman–Crippen LogP) is 4.69. The van der Waals surface area contributed by atoms with Crippen molar-refractivity contribution in [2.24, 2.45) is 0 Å². The summed E-state index contributed by atoms with van der Waals surface area (Å²) in [5.74, 6) is 0.886. The number of rotatable bonds is 7. The first-order valence-electron chi connectivity index (χ1n) is 10.4. The van der Waals surface area contributed by atoms with E-state index in [1.807, 2.05) is 31.2 Å². The molecule has 2 aromatic carbocycles. The fourth-order valence-electron chi connectivity index (χ4n) is 3.27. The molecule has 0 aliphatic carbocycles. The molecule has 1 heterocycles. The van der Waals surface area contributed by atoms with Gasteiger partial charge in [0.1, 0.15) is 11.6 Å². The Morgan fingerprint density at radius 3 is 2.52 bits per heavy atom. The first-order valence-corrected chi connectivity index (χ1v) is 10.7. The van der Waals surface area contributed by atoms with Crippen LogP contribution < -0.4 is 10.3 Å². The summed E-state index contributed by atoms with van der Waals surface area (Å²) in [5.41, 5.74) is 1.51. The Kier molecular flexibility index (Phi) is 7.01. The maximum atomic E-state index is 12.8. The van der Waals surface area contributed by atoms with Crippen LogP contribution in [0.25, 0.3) is 10.9 Å². The first-order chi connectivity index (χ1) is 14.7. The van der Waals surface area contributed by atoms with Gasteiger partial charge in [0.05, 0.1) is 17.4 Å². The number of H-pyrrole nitrogens is 1. The average molecular weight is 442 g/mol. The van der Waals surface area contributed by atoms with Gasteiger partial charge in [-0.15, -0.1) is 0 Å². The van der Waals surface area contributed by atoms with Crippen molar-refractivity contribution in [2.75, 3.05) is 13.2 Å². The third-order valence-electron chi connectivity index (χ3n) is 4.99. The molecule has 6 nitrogen and oxygen atoms in total. The summed E-state index contributed by atoms with van der Waals surface area (Å²) in [7, 11) is 0. The molecule has 3 aromatic rings. The van der Waals surface area contributed by atoms with Crippen molar-refractivity contribution in [3.63, 3.8) is 0 Å². The maximum Gasteiger partial charge on any atom is 0.260 e. The topological polar surface area (TPSA) is 75.3 Å². The van der Waals surface area contributed by atoms with Crippen LogP contribution in [-0.4, -0.2) is 33.9 Å². The molecule has 31 heavy (non-hydrogen) atoms. The van der Waals surface area contributed by atoms with Crippen LogP contribution in [0.15, 0.2) is 47.3 Å². The molecule has 1 aromatic heterocycles. The summed E-state index contributed by atoms with van der Waals surface area (Å²) >= 11 is 6.03. The molecule has 0 spiro atoms. The molecule has 0 radical (unpaired) electrons. The Bertz CT molecular complexity index is 1120. The third kappa shape index (κ3) is 5.85. The van der Waals surface area contributed by atoms with Gasteiger partial charge in [-0.3, -0.25) is 9.59 Å². The molecule has 164 valence electrons. The molecule has 0 saturated heterocycles. The van der Waals surface area contributed by atoms with Crippen molar-refractivity contribution in [1.82, 2.24) is 14.9 Å². The van der Waals surface area contributed by atoms with E-state index in [0.717, 1.165) is 6.42 Å². The Morgan fingerprint density at radius 2 is 1.87 bits per heavy atom. The summed E-state index contributed by atoms with van der Waals surface area (Å²) < 4.78 is 5.71. The normalized spacial score (nSPS) is 11.5. The summed E-state index contributed by atoms with van der Waals surface area (Å²) in [6, 6.07) is 12.7. The minimum atomic E-state index is -0.254. The zero-order valence-electron chi connectivity index (χ0n) is 18.4. The second-order valence-corrected chi connectivity index (χ2v) is 8.99. The Labute approximate surface area is 187 Å². The van der Waals surface area contributed by atoms with Gasteiger partial charge >= 0.3 is 0 Å². The van der Waals surface area contributed by atoms with Crippen LogP contribution in [0, 0.1) is 0 Å². The molecule has 7 heteroatoms. The van der Waals surface area contributed by atoms with Gasteiger partial charge in [0.15, 0.2) is 6.61 Å². The van der Waals surface area contributed by atoms with E-state index in [-0.39, 0.29) is 30.0 Å². The molecule has 1 N–H and O–H groups in total.